The number of carbonyl (C=O) groups is 2. The maximum Gasteiger partial charge on any atom is 0.163 e. The fourth-order valence-electron chi connectivity index (χ4n) is 5.95. The lowest BCUT2D eigenvalue weighted by molar-refractivity contribution is -0.120. The van der Waals surface area contributed by atoms with Gasteiger partial charge in [-0.05, 0) is 47.9 Å². The van der Waals surface area contributed by atoms with Crippen molar-refractivity contribution in [3.63, 3.8) is 0 Å². The van der Waals surface area contributed by atoms with Crippen LogP contribution in [0.3, 0.4) is 0 Å². The van der Waals surface area contributed by atoms with Crippen molar-refractivity contribution in [2.45, 2.75) is 79.8 Å². The lowest BCUT2D eigenvalue weighted by Crippen LogP contribution is -2.37. The number of ether oxygens (including phenoxy) is 3. The number of carbonyl (C=O) groups excluding carboxylic acids is 2. The fourth-order valence-corrected chi connectivity index (χ4v) is 5.95. The van der Waals surface area contributed by atoms with Crippen molar-refractivity contribution in [1.29, 1.82) is 0 Å². The highest BCUT2D eigenvalue weighted by Gasteiger charge is 2.47. The van der Waals surface area contributed by atoms with Gasteiger partial charge in [0.05, 0.1) is 6.61 Å². The van der Waals surface area contributed by atoms with Crippen LogP contribution in [-0.4, -0.2) is 18.2 Å². The Balaban J connectivity index is 1.56. The second-order valence-corrected chi connectivity index (χ2v) is 12.5. The van der Waals surface area contributed by atoms with Crippen LogP contribution in [0.5, 0.6) is 11.5 Å². The van der Waals surface area contributed by atoms with Crippen molar-refractivity contribution in [3.05, 3.63) is 81.8 Å². The largest absolute Gasteiger partial charge is 0.490 e. The first-order valence-electron chi connectivity index (χ1n) is 13.6. The van der Waals surface area contributed by atoms with Gasteiger partial charge in [0.2, 0.25) is 0 Å². The summed E-state index contributed by atoms with van der Waals surface area (Å²) in [7, 11) is 0. The second-order valence-electron chi connectivity index (χ2n) is 12.5. The second kappa shape index (κ2) is 9.76. The van der Waals surface area contributed by atoms with Crippen LogP contribution in [0.2, 0.25) is 0 Å². The zero-order chi connectivity index (χ0) is 27.2. The lowest BCUT2D eigenvalue weighted by Gasteiger charge is -2.42. The summed E-state index contributed by atoms with van der Waals surface area (Å²) in [5.74, 6) is 2.35. The van der Waals surface area contributed by atoms with E-state index in [4.69, 9.17) is 14.2 Å². The highest BCUT2D eigenvalue weighted by molar-refractivity contribution is 6.06. The van der Waals surface area contributed by atoms with Crippen molar-refractivity contribution in [1.82, 2.24) is 0 Å². The van der Waals surface area contributed by atoms with E-state index in [0.29, 0.717) is 61.5 Å². The van der Waals surface area contributed by atoms with Gasteiger partial charge in [0.1, 0.15) is 18.1 Å². The maximum atomic E-state index is 13.6. The molecule has 0 bridgehead atoms. The predicted octanol–water partition coefficient (Wildman–Crippen LogP) is 7.37. The normalized spacial score (nSPS) is 20.6. The van der Waals surface area contributed by atoms with Gasteiger partial charge in [0.15, 0.2) is 23.1 Å². The first-order chi connectivity index (χ1) is 18.0. The maximum absolute atomic E-state index is 13.6. The SMILES string of the molecule is CCOc1cc(C2C3=C(CC(C)(C)CC3=O)OC3=C2C(=O)CC(C)(C)C3)ccc1OCc1ccc(C)cc1. The Labute approximate surface area is 225 Å². The van der Waals surface area contributed by atoms with Gasteiger partial charge in [0.25, 0.3) is 0 Å². The fraction of sp³-hybridized carbons (Fsp3) is 0.455. The zero-order valence-corrected chi connectivity index (χ0v) is 23.4. The summed E-state index contributed by atoms with van der Waals surface area (Å²) in [5, 5.41) is 0. The van der Waals surface area contributed by atoms with E-state index < -0.39 is 5.92 Å². The van der Waals surface area contributed by atoms with E-state index in [0.717, 1.165) is 22.6 Å². The molecule has 0 saturated heterocycles. The van der Waals surface area contributed by atoms with Crippen LogP contribution in [-0.2, 0) is 20.9 Å². The molecule has 0 unspecified atom stereocenters. The number of allylic oxidation sites excluding steroid dienone is 4. The van der Waals surface area contributed by atoms with Crippen LogP contribution in [0.4, 0.5) is 0 Å². The molecule has 0 atom stereocenters. The van der Waals surface area contributed by atoms with Crippen LogP contribution in [0, 0.1) is 17.8 Å². The van der Waals surface area contributed by atoms with Crippen molar-refractivity contribution in [2.24, 2.45) is 10.8 Å². The number of rotatable bonds is 6. The van der Waals surface area contributed by atoms with Crippen LogP contribution >= 0.6 is 0 Å². The number of hydrogen-bond acceptors (Lipinski definition) is 5. The Bertz CT molecular complexity index is 1290. The van der Waals surface area contributed by atoms with E-state index in [1.165, 1.54) is 5.56 Å². The third kappa shape index (κ3) is 5.16. The number of aryl methyl sites for hydroxylation is 1. The third-order valence-electron chi connectivity index (χ3n) is 7.70. The minimum Gasteiger partial charge on any atom is -0.490 e. The molecule has 5 nitrogen and oxygen atoms in total. The standard InChI is InChI=1S/C33H38O5/c1-7-36-26-14-22(12-13-25(26)37-19-21-10-8-20(2)9-11-21)29-30-23(34)15-32(3,4)17-27(30)38-28-18-33(5,6)16-24(35)31(28)29/h8-14,29H,7,15-19H2,1-6H3. The van der Waals surface area contributed by atoms with Gasteiger partial charge in [-0.1, -0.05) is 63.6 Å². The number of hydrogen-bond donors (Lipinski definition) is 0. The van der Waals surface area contributed by atoms with E-state index in [-0.39, 0.29) is 22.4 Å². The van der Waals surface area contributed by atoms with Gasteiger partial charge in [0, 0.05) is 42.7 Å². The molecule has 0 N–H and O–H groups in total. The minimum absolute atomic E-state index is 0.0584. The van der Waals surface area contributed by atoms with Crippen LogP contribution in [0.25, 0.3) is 0 Å². The van der Waals surface area contributed by atoms with E-state index in [2.05, 4.69) is 58.9 Å². The molecule has 38 heavy (non-hydrogen) atoms. The third-order valence-corrected chi connectivity index (χ3v) is 7.70. The van der Waals surface area contributed by atoms with Crippen molar-refractivity contribution < 1.29 is 23.8 Å². The average Bonchev–Trinajstić information content (AvgIpc) is 2.81. The smallest absolute Gasteiger partial charge is 0.163 e. The molecule has 0 amide bonds. The molecule has 2 aromatic carbocycles. The van der Waals surface area contributed by atoms with Gasteiger partial charge in [-0.15, -0.1) is 0 Å². The Morgan fingerprint density at radius 1 is 0.789 bits per heavy atom. The van der Waals surface area contributed by atoms with Crippen molar-refractivity contribution in [2.75, 3.05) is 6.61 Å². The average molecular weight is 515 g/mol. The minimum atomic E-state index is -0.452. The van der Waals surface area contributed by atoms with Gasteiger partial charge >= 0.3 is 0 Å². The van der Waals surface area contributed by atoms with E-state index >= 15 is 0 Å². The summed E-state index contributed by atoms with van der Waals surface area (Å²) in [5.41, 5.74) is 4.03. The molecule has 1 aliphatic heterocycles. The quantitative estimate of drug-likeness (QED) is 0.403. The molecule has 0 radical (unpaired) electrons. The molecule has 0 saturated carbocycles. The highest BCUT2D eigenvalue weighted by atomic mass is 16.5. The first kappa shape index (κ1) is 26.3. The molecule has 2 aromatic rings. The highest BCUT2D eigenvalue weighted by Crippen LogP contribution is 2.53. The molecular weight excluding hydrogens is 476 g/mol. The summed E-state index contributed by atoms with van der Waals surface area (Å²) >= 11 is 0. The molecule has 5 heteroatoms. The molecule has 200 valence electrons. The summed E-state index contributed by atoms with van der Waals surface area (Å²) in [6.07, 6.45) is 2.21. The number of Topliss-reactive ketones (excluding diaryl/α,β-unsaturated/α-hetero) is 2. The summed E-state index contributed by atoms with van der Waals surface area (Å²) in [6.45, 7) is 13.3. The molecule has 0 aromatic heterocycles. The van der Waals surface area contributed by atoms with E-state index in [1.807, 2.05) is 25.1 Å². The van der Waals surface area contributed by atoms with Crippen molar-refractivity contribution >= 4 is 11.6 Å². The van der Waals surface area contributed by atoms with E-state index in [9.17, 15) is 9.59 Å². The van der Waals surface area contributed by atoms with Crippen molar-refractivity contribution in [3.8, 4) is 11.5 Å². The monoisotopic (exact) mass is 514 g/mol. The Morgan fingerprint density at radius 2 is 1.37 bits per heavy atom. The molecule has 1 heterocycles. The molecule has 2 aliphatic carbocycles. The zero-order valence-electron chi connectivity index (χ0n) is 23.4. The number of benzene rings is 2. The summed E-state index contributed by atoms with van der Waals surface area (Å²) in [4.78, 5) is 27.1. The Hall–Kier alpha value is -3.34. The summed E-state index contributed by atoms with van der Waals surface area (Å²) < 4.78 is 18.6. The number of ketones is 2. The van der Waals surface area contributed by atoms with Gasteiger partial charge in [-0.3, -0.25) is 9.59 Å². The molecule has 0 spiro atoms. The molecular formula is C33H38O5. The molecule has 5 rings (SSSR count). The summed E-state index contributed by atoms with van der Waals surface area (Å²) in [6, 6.07) is 14.1. The first-order valence-corrected chi connectivity index (χ1v) is 13.6. The predicted molar refractivity (Wildman–Crippen MR) is 147 cm³/mol. The Kier molecular flexibility index (Phi) is 6.75. The van der Waals surface area contributed by atoms with Crippen LogP contribution in [0.15, 0.2) is 65.1 Å². The van der Waals surface area contributed by atoms with E-state index in [1.54, 1.807) is 0 Å². The van der Waals surface area contributed by atoms with Gasteiger partial charge in [-0.25, -0.2) is 0 Å². The van der Waals surface area contributed by atoms with Crippen LogP contribution < -0.4 is 9.47 Å². The topological polar surface area (TPSA) is 61.8 Å². The van der Waals surface area contributed by atoms with Crippen LogP contribution in [0.1, 0.15) is 82.9 Å². The van der Waals surface area contributed by atoms with Gasteiger partial charge < -0.3 is 14.2 Å². The lowest BCUT2D eigenvalue weighted by atomic mass is 9.65. The van der Waals surface area contributed by atoms with Gasteiger partial charge in [-0.2, -0.15) is 0 Å². The Morgan fingerprint density at radius 3 is 1.92 bits per heavy atom. The molecule has 3 aliphatic rings. The molecule has 0 fully saturated rings.